The first-order chi connectivity index (χ1) is 8.63. The third kappa shape index (κ3) is 2.28. The van der Waals surface area contributed by atoms with Crippen molar-refractivity contribution >= 4 is 33.2 Å². The lowest BCUT2D eigenvalue weighted by molar-refractivity contribution is -0.135. The third-order valence-corrected chi connectivity index (χ3v) is 5.67. The van der Waals surface area contributed by atoms with Crippen LogP contribution in [0.2, 0.25) is 0 Å². The van der Waals surface area contributed by atoms with Crippen molar-refractivity contribution < 1.29 is 4.79 Å². The molecule has 1 aromatic rings. The van der Waals surface area contributed by atoms with Crippen LogP contribution in [-0.2, 0) is 11.3 Å². The van der Waals surface area contributed by atoms with Crippen LogP contribution >= 0.6 is 27.3 Å². The van der Waals surface area contributed by atoms with E-state index in [1.165, 1.54) is 11.3 Å². The molecule has 1 fully saturated rings. The summed E-state index contributed by atoms with van der Waals surface area (Å²) in [6.07, 6.45) is 6.77. The van der Waals surface area contributed by atoms with Gasteiger partial charge in [-0.25, -0.2) is 0 Å². The Kier molecular flexibility index (Phi) is 3.32. The quantitative estimate of drug-likeness (QED) is 0.776. The van der Waals surface area contributed by atoms with Gasteiger partial charge in [0.05, 0.1) is 6.54 Å². The summed E-state index contributed by atoms with van der Waals surface area (Å²) in [5.74, 6) is 1.71. The Hall–Kier alpha value is -0.610. The van der Waals surface area contributed by atoms with Crippen molar-refractivity contribution in [2.45, 2.75) is 19.4 Å². The van der Waals surface area contributed by atoms with Crippen LogP contribution in [0.15, 0.2) is 28.1 Å². The van der Waals surface area contributed by atoms with Crippen LogP contribution in [0.5, 0.6) is 0 Å². The standard InChI is InChI=1S/C14H16BrNOS/c1-16(7-12-6-11(15)8-18-12)14(17)13-5-9-2-3-10(13)4-9/h2-3,6,8-10,13H,4-5,7H2,1H3. The van der Waals surface area contributed by atoms with Crippen molar-refractivity contribution in [3.63, 3.8) is 0 Å². The Labute approximate surface area is 120 Å². The molecule has 2 aliphatic carbocycles. The smallest absolute Gasteiger partial charge is 0.226 e. The number of hydrogen-bond acceptors (Lipinski definition) is 2. The molecule has 0 saturated heterocycles. The highest BCUT2D eigenvalue weighted by atomic mass is 79.9. The van der Waals surface area contributed by atoms with Gasteiger partial charge in [-0.3, -0.25) is 4.79 Å². The van der Waals surface area contributed by atoms with Crippen molar-refractivity contribution in [1.29, 1.82) is 0 Å². The summed E-state index contributed by atoms with van der Waals surface area (Å²) >= 11 is 5.15. The Morgan fingerprint density at radius 2 is 2.33 bits per heavy atom. The van der Waals surface area contributed by atoms with Crippen LogP contribution in [0.25, 0.3) is 0 Å². The summed E-state index contributed by atoms with van der Waals surface area (Å²) in [6, 6.07) is 2.09. The summed E-state index contributed by atoms with van der Waals surface area (Å²) in [7, 11) is 1.92. The summed E-state index contributed by atoms with van der Waals surface area (Å²) in [5.41, 5.74) is 0. The number of fused-ring (bicyclic) bond motifs is 2. The van der Waals surface area contributed by atoms with E-state index in [-0.39, 0.29) is 5.92 Å². The highest BCUT2D eigenvalue weighted by Crippen LogP contribution is 2.44. The number of amides is 1. The fourth-order valence-electron chi connectivity index (χ4n) is 3.10. The molecular weight excluding hydrogens is 310 g/mol. The van der Waals surface area contributed by atoms with E-state index in [1.807, 2.05) is 11.9 Å². The normalized spacial score (nSPS) is 28.9. The molecule has 3 atom stereocenters. The molecule has 96 valence electrons. The zero-order valence-corrected chi connectivity index (χ0v) is 12.7. The van der Waals surface area contributed by atoms with Gasteiger partial charge in [-0.05, 0) is 46.7 Å². The number of thiophene rings is 1. The van der Waals surface area contributed by atoms with E-state index in [9.17, 15) is 4.79 Å². The molecule has 1 amide bonds. The molecule has 1 aromatic heterocycles. The number of hydrogen-bond donors (Lipinski definition) is 0. The molecule has 2 nitrogen and oxygen atoms in total. The van der Waals surface area contributed by atoms with Crippen LogP contribution in [0.3, 0.4) is 0 Å². The predicted molar refractivity (Wildman–Crippen MR) is 77.3 cm³/mol. The second-order valence-electron chi connectivity index (χ2n) is 5.31. The summed E-state index contributed by atoms with van der Waals surface area (Å²) < 4.78 is 1.10. The molecule has 4 heteroatoms. The van der Waals surface area contributed by atoms with Crippen LogP contribution in [0.4, 0.5) is 0 Å². The zero-order chi connectivity index (χ0) is 12.7. The fourth-order valence-corrected chi connectivity index (χ4v) is 4.60. The first-order valence-corrected chi connectivity index (χ1v) is 7.97. The van der Waals surface area contributed by atoms with Crippen LogP contribution in [0, 0.1) is 17.8 Å². The summed E-state index contributed by atoms with van der Waals surface area (Å²) in [5, 5.41) is 2.06. The topological polar surface area (TPSA) is 20.3 Å². The van der Waals surface area contributed by atoms with Gasteiger partial charge in [-0.1, -0.05) is 12.2 Å². The van der Waals surface area contributed by atoms with E-state index in [4.69, 9.17) is 0 Å². The molecule has 1 saturated carbocycles. The average Bonchev–Trinajstić information content (AvgIpc) is 3.04. The number of nitrogens with zero attached hydrogens (tertiary/aromatic N) is 1. The lowest BCUT2D eigenvalue weighted by Crippen LogP contribution is -2.34. The fraction of sp³-hybridized carbons (Fsp3) is 0.500. The van der Waals surface area contributed by atoms with Crippen LogP contribution < -0.4 is 0 Å². The van der Waals surface area contributed by atoms with E-state index in [0.717, 1.165) is 17.4 Å². The maximum atomic E-state index is 12.4. The Bertz CT molecular complexity index is 496. The van der Waals surface area contributed by atoms with Gasteiger partial charge < -0.3 is 4.90 Å². The largest absolute Gasteiger partial charge is 0.340 e. The molecule has 0 aromatic carbocycles. The van der Waals surface area contributed by atoms with Gasteiger partial charge in [0.2, 0.25) is 5.91 Å². The van der Waals surface area contributed by atoms with Crippen molar-refractivity contribution in [2.75, 3.05) is 7.05 Å². The minimum atomic E-state index is 0.230. The van der Waals surface area contributed by atoms with E-state index in [1.54, 1.807) is 11.3 Å². The molecule has 3 unspecified atom stereocenters. The molecule has 3 rings (SSSR count). The maximum absolute atomic E-state index is 12.4. The molecule has 2 aliphatic rings. The van der Waals surface area contributed by atoms with Crippen molar-refractivity contribution in [2.24, 2.45) is 17.8 Å². The second-order valence-corrected chi connectivity index (χ2v) is 7.22. The van der Waals surface area contributed by atoms with Crippen LogP contribution in [-0.4, -0.2) is 17.9 Å². The lowest BCUT2D eigenvalue weighted by atomic mass is 9.92. The van der Waals surface area contributed by atoms with E-state index < -0.39 is 0 Å². The molecular formula is C14H16BrNOS. The number of halogens is 1. The second kappa shape index (κ2) is 4.82. The number of carbonyl (C=O) groups excluding carboxylic acids is 1. The minimum absolute atomic E-state index is 0.230. The predicted octanol–water partition coefficient (Wildman–Crippen LogP) is 3.68. The van der Waals surface area contributed by atoms with E-state index in [2.05, 4.69) is 39.5 Å². The third-order valence-electron chi connectivity index (χ3n) is 3.99. The first-order valence-electron chi connectivity index (χ1n) is 6.29. The summed E-state index contributed by atoms with van der Waals surface area (Å²) in [6.45, 7) is 0.729. The molecule has 0 spiro atoms. The van der Waals surface area contributed by atoms with Crippen molar-refractivity contribution in [1.82, 2.24) is 4.90 Å². The lowest BCUT2D eigenvalue weighted by Gasteiger charge is -2.24. The van der Waals surface area contributed by atoms with Gasteiger partial charge in [0, 0.05) is 27.7 Å². The summed E-state index contributed by atoms with van der Waals surface area (Å²) in [4.78, 5) is 15.6. The zero-order valence-electron chi connectivity index (χ0n) is 10.3. The average molecular weight is 326 g/mol. The van der Waals surface area contributed by atoms with Gasteiger partial charge in [0.15, 0.2) is 0 Å². The van der Waals surface area contributed by atoms with Gasteiger partial charge >= 0.3 is 0 Å². The molecule has 0 radical (unpaired) electrons. The Balaban J connectivity index is 1.64. The minimum Gasteiger partial charge on any atom is -0.340 e. The number of allylic oxidation sites excluding steroid dienone is 2. The highest BCUT2D eigenvalue weighted by molar-refractivity contribution is 9.10. The van der Waals surface area contributed by atoms with Gasteiger partial charge in [0.25, 0.3) is 0 Å². The van der Waals surface area contributed by atoms with Gasteiger partial charge in [-0.15, -0.1) is 11.3 Å². The van der Waals surface area contributed by atoms with Crippen molar-refractivity contribution in [3.05, 3.63) is 32.9 Å². The molecule has 1 heterocycles. The monoisotopic (exact) mass is 325 g/mol. The molecule has 2 bridgehead atoms. The Morgan fingerprint density at radius 3 is 2.89 bits per heavy atom. The van der Waals surface area contributed by atoms with E-state index in [0.29, 0.717) is 17.7 Å². The highest BCUT2D eigenvalue weighted by Gasteiger charge is 2.40. The Morgan fingerprint density at radius 1 is 1.50 bits per heavy atom. The molecule has 0 aliphatic heterocycles. The van der Waals surface area contributed by atoms with Crippen molar-refractivity contribution in [3.8, 4) is 0 Å². The van der Waals surface area contributed by atoms with Gasteiger partial charge in [-0.2, -0.15) is 0 Å². The first kappa shape index (κ1) is 12.4. The molecule has 0 N–H and O–H groups in total. The van der Waals surface area contributed by atoms with Crippen LogP contribution in [0.1, 0.15) is 17.7 Å². The number of carbonyl (C=O) groups is 1. The maximum Gasteiger partial charge on any atom is 0.226 e. The number of rotatable bonds is 3. The SMILES string of the molecule is CN(Cc1cc(Br)cs1)C(=O)C1CC2C=CC1C2. The molecule has 18 heavy (non-hydrogen) atoms. The van der Waals surface area contributed by atoms with Gasteiger partial charge in [0.1, 0.15) is 0 Å². The van der Waals surface area contributed by atoms with E-state index >= 15 is 0 Å².